The lowest BCUT2D eigenvalue weighted by molar-refractivity contribution is -0.119. The number of rotatable bonds is 8. The standard InChI is InChI=1S/C26H34N4O3/c31-24(21-7-2-1-3-8-21)19-27-15-14-20-10-12-22(13-11-20)28-25(32)23-9-6-18-30(23)26(33)29-16-4-5-17-29/h1-3,7-8,10-13,23-24,27,31H,4-6,9,14-19H2,(H,28,32)/t23-,24-/m0/s1. The summed E-state index contributed by atoms with van der Waals surface area (Å²) < 4.78 is 0. The Bertz CT molecular complexity index is 913. The average molecular weight is 451 g/mol. The van der Waals surface area contributed by atoms with Crippen LogP contribution in [0.15, 0.2) is 54.6 Å². The van der Waals surface area contributed by atoms with Crippen molar-refractivity contribution >= 4 is 17.6 Å². The summed E-state index contributed by atoms with van der Waals surface area (Å²) in [7, 11) is 0. The highest BCUT2D eigenvalue weighted by molar-refractivity contribution is 5.97. The first-order valence-corrected chi connectivity index (χ1v) is 12.0. The van der Waals surface area contributed by atoms with Crippen LogP contribution >= 0.6 is 0 Å². The summed E-state index contributed by atoms with van der Waals surface area (Å²) in [5.74, 6) is -0.107. The zero-order valence-corrected chi connectivity index (χ0v) is 19.1. The molecule has 2 aliphatic heterocycles. The minimum absolute atomic E-state index is 0.00498. The summed E-state index contributed by atoms with van der Waals surface area (Å²) in [5.41, 5.74) is 2.81. The highest BCUT2D eigenvalue weighted by Crippen LogP contribution is 2.23. The van der Waals surface area contributed by atoms with E-state index in [0.717, 1.165) is 62.1 Å². The molecule has 0 unspecified atom stereocenters. The molecule has 33 heavy (non-hydrogen) atoms. The molecular formula is C26H34N4O3. The van der Waals surface area contributed by atoms with Gasteiger partial charge in [0.2, 0.25) is 5.91 Å². The first kappa shape index (κ1) is 23.3. The van der Waals surface area contributed by atoms with Crippen LogP contribution in [0.25, 0.3) is 0 Å². The third-order valence-electron chi connectivity index (χ3n) is 6.51. The van der Waals surface area contributed by atoms with Crippen molar-refractivity contribution < 1.29 is 14.7 Å². The maximum atomic E-state index is 12.9. The molecule has 2 heterocycles. The van der Waals surface area contributed by atoms with Crippen molar-refractivity contribution in [1.29, 1.82) is 0 Å². The number of nitrogens with one attached hydrogen (secondary N) is 2. The van der Waals surface area contributed by atoms with Crippen LogP contribution in [-0.4, -0.2) is 65.6 Å². The van der Waals surface area contributed by atoms with Crippen LogP contribution in [0.3, 0.4) is 0 Å². The predicted molar refractivity (Wildman–Crippen MR) is 129 cm³/mol. The van der Waals surface area contributed by atoms with Crippen LogP contribution in [0.1, 0.15) is 42.9 Å². The van der Waals surface area contributed by atoms with E-state index < -0.39 is 12.1 Å². The topological polar surface area (TPSA) is 84.9 Å². The van der Waals surface area contributed by atoms with Crippen molar-refractivity contribution in [2.24, 2.45) is 0 Å². The van der Waals surface area contributed by atoms with E-state index in [1.807, 2.05) is 59.5 Å². The monoisotopic (exact) mass is 450 g/mol. The quantitative estimate of drug-likeness (QED) is 0.540. The first-order valence-electron chi connectivity index (χ1n) is 12.0. The molecular weight excluding hydrogens is 416 g/mol. The maximum absolute atomic E-state index is 12.9. The number of aliphatic hydroxyl groups is 1. The molecule has 0 saturated carbocycles. The van der Waals surface area contributed by atoms with E-state index in [1.54, 1.807) is 4.90 Å². The molecule has 0 aromatic heterocycles. The van der Waals surface area contributed by atoms with E-state index in [9.17, 15) is 14.7 Å². The molecule has 176 valence electrons. The SMILES string of the molecule is O=C(Nc1ccc(CCNC[C@H](O)c2ccccc2)cc1)[C@@H]1CCCN1C(=O)N1CCCC1. The molecule has 2 aromatic rings. The van der Waals surface area contributed by atoms with Crippen molar-refractivity contribution in [2.75, 3.05) is 38.0 Å². The first-order chi connectivity index (χ1) is 16.1. The fourth-order valence-corrected chi connectivity index (χ4v) is 4.60. The van der Waals surface area contributed by atoms with Crippen LogP contribution in [0.5, 0.6) is 0 Å². The molecule has 2 aromatic carbocycles. The second-order valence-electron chi connectivity index (χ2n) is 8.89. The van der Waals surface area contributed by atoms with E-state index >= 15 is 0 Å². The summed E-state index contributed by atoms with van der Waals surface area (Å²) in [4.78, 5) is 29.2. The number of hydrogen-bond donors (Lipinski definition) is 3. The summed E-state index contributed by atoms with van der Waals surface area (Å²) in [6.07, 6.45) is 3.98. The molecule has 7 nitrogen and oxygen atoms in total. The van der Waals surface area contributed by atoms with E-state index in [2.05, 4.69) is 10.6 Å². The third kappa shape index (κ3) is 6.12. The van der Waals surface area contributed by atoms with Gasteiger partial charge in [-0.05, 0) is 61.9 Å². The van der Waals surface area contributed by atoms with Crippen molar-refractivity contribution in [2.45, 2.75) is 44.2 Å². The van der Waals surface area contributed by atoms with Crippen molar-refractivity contribution in [3.05, 3.63) is 65.7 Å². The number of carbonyl (C=O) groups excluding carboxylic acids is 2. The van der Waals surface area contributed by atoms with Gasteiger partial charge in [0.15, 0.2) is 0 Å². The van der Waals surface area contributed by atoms with Crippen molar-refractivity contribution in [3.63, 3.8) is 0 Å². The Morgan fingerprint density at radius 2 is 1.70 bits per heavy atom. The zero-order valence-electron chi connectivity index (χ0n) is 19.1. The summed E-state index contributed by atoms with van der Waals surface area (Å²) >= 11 is 0. The molecule has 3 N–H and O–H groups in total. The Balaban J connectivity index is 1.22. The Labute approximate surface area is 195 Å². The van der Waals surface area contributed by atoms with Gasteiger partial charge in [0.1, 0.15) is 6.04 Å². The summed E-state index contributed by atoms with van der Waals surface area (Å²) in [6.45, 7) is 3.51. The highest BCUT2D eigenvalue weighted by Gasteiger charge is 2.36. The lowest BCUT2D eigenvalue weighted by Gasteiger charge is -2.28. The van der Waals surface area contributed by atoms with E-state index in [0.29, 0.717) is 19.5 Å². The highest BCUT2D eigenvalue weighted by atomic mass is 16.3. The molecule has 2 saturated heterocycles. The number of likely N-dealkylation sites (tertiary alicyclic amines) is 2. The lowest BCUT2D eigenvalue weighted by atomic mass is 10.1. The molecule has 2 aliphatic rings. The second-order valence-corrected chi connectivity index (χ2v) is 8.89. The number of benzene rings is 2. The van der Waals surface area contributed by atoms with Gasteiger partial charge in [0.05, 0.1) is 6.10 Å². The number of carbonyl (C=O) groups is 2. The summed E-state index contributed by atoms with van der Waals surface area (Å²) in [6, 6.07) is 17.1. The zero-order chi connectivity index (χ0) is 23.0. The van der Waals surface area contributed by atoms with Gasteiger partial charge >= 0.3 is 6.03 Å². The third-order valence-corrected chi connectivity index (χ3v) is 6.51. The number of urea groups is 1. The summed E-state index contributed by atoms with van der Waals surface area (Å²) in [5, 5.41) is 16.5. The van der Waals surface area contributed by atoms with Crippen LogP contribution in [0.2, 0.25) is 0 Å². The van der Waals surface area contributed by atoms with Gasteiger partial charge in [-0.2, -0.15) is 0 Å². The van der Waals surface area contributed by atoms with Crippen LogP contribution in [-0.2, 0) is 11.2 Å². The predicted octanol–water partition coefficient (Wildman–Crippen LogP) is 3.17. The van der Waals surface area contributed by atoms with Gasteiger partial charge < -0.3 is 25.5 Å². The van der Waals surface area contributed by atoms with Gasteiger partial charge in [-0.15, -0.1) is 0 Å². The van der Waals surface area contributed by atoms with Gasteiger partial charge in [0, 0.05) is 31.9 Å². The number of anilines is 1. The number of amides is 3. The molecule has 0 bridgehead atoms. The molecule has 0 spiro atoms. The minimum Gasteiger partial charge on any atom is -0.387 e. The largest absolute Gasteiger partial charge is 0.387 e. The van der Waals surface area contributed by atoms with E-state index in [1.165, 1.54) is 0 Å². The second kappa shape index (κ2) is 11.3. The Hall–Kier alpha value is -2.90. The van der Waals surface area contributed by atoms with Crippen LogP contribution < -0.4 is 10.6 Å². The van der Waals surface area contributed by atoms with Crippen LogP contribution in [0, 0.1) is 0 Å². The number of aliphatic hydroxyl groups excluding tert-OH is 1. The molecule has 2 atom stereocenters. The van der Waals surface area contributed by atoms with Crippen molar-refractivity contribution in [3.8, 4) is 0 Å². The van der Waals surface area contributed by atoms with Gasteiger partial charge in [-0.3, -0.25) is 4.79 Å². The Kier molecular flexibility index (Phi) is 7.96. The van der Waals surface area contributed by atoms with Crippen molar-refractivity contribution in [1.82, 2.24) is 15.1 Å². The Morgan fingerprint density at radius 3 is 2.42 bits per heavy atom. The van der Waals surface area contributed by atoms with Crippen LogP contribution in [0.4, 0.5) is 10.5 Å². The van der Waals surface area contributed by atoms with Gasteiger partial charge in [0.25, 0.3) is 0 Å². The normalized spacial score (nSPS) is 19.0. The smallest absolute Gasteiger partial charge is 0.320 e. The van der Waals surface area contributed by atoms with Gasteiger partial charge in [-0.1, -0.05) is 42.5 Å². The average Bonchev–Trinajstić information content (AvgIpc) is 3.55. The molecule has 0 aliphatic carbocycles. The lowest BCUT2D eigenvalue weighted by Crippen LogP contribution is -2.48. The molecule has 4 rings (SSSR count). The maximum Gasteiger partial charge on any atom is 0.320 e. The van der Waals surface area contributed by atoms with E-state index in [4.69, 9.17) is 0 Å². The minimum atomic E-state index is -0.517. The fraction of sp³-hybridized carbons (Fsp3) is 0.462. The molecule has 3 amide bonds. The fourth-order valence-electron chi connectivity index (χ4n) is 4.60. The molecule has 7 heteroatoms. The number of hydrogen-bond acceptors (Lipinski definition) is 4. The Morgan fingerprint density at radius 1 is 0.970 bits per heavy atom. The van der Waals surface area contributed by atoms with E-state index in [-0.39, 0.29) is 11.9 Å². The number of nitrogens with zero attached hydrogens (tertiary/aromatic N) is 2. The molecule has 2 fully saturated rings. The van der Waals surface area contributed by atoms with Gasteiger partial charge in [-0.25, -0.2) is 4.79 Å². The molecule has 0 radical (unpaired) electrons.